The average Bonchev–Trinajstić information content (AvgIpc) is 3.28. The molecule has 5 heteroatoms. The van der Waals surface area contributed by atoms with Crippen LogP contribution in [0.5, 0.6) is 5.75 Å². The molecule has 4 aromatic carbocycles. The summed E-state index contributed by atoms with van der Waals surface area (Å²) < 4.78 is 0. The second-order valence-corrected chi connectivity index (χ2v) is 7.71. The number of aromatic hydroxyl groups is 1. The quantitative estimate of drug-likeness (QED) is 0.223. The minimum absolute atomic E-state index is 0. The first-order valence-electron chi connectivity index (χ1n) is 10.4. The molecule has 0 amide bonds. The number of H-pyrrole nitrogens is 1. The predicted molar refractivity (Wildman–Crippen MR) is 128 cm³/mol. The van der Waals surface area contributed by atoms with Gasteiger partial charge in [0, 0.05) is 32.3 Å². The molecule has 6 rings (SSSR count). The number of nitrogens with zero attached hydrogens (tertiary/aromatic N) is 2. The molecular weight excluding hydrogens is 589 g/mol. The number of imidazole rings is 1. The zero-order valence-corrected chi connectivity index (χ0v) is 19.7. The monoisotopic (exact) mass is 607 g/mol. The van der Waals surface area contributed by atoms with Gasteiger partial charge in [0.05, 0.1) is 22.6 Å². The second-order valence-electron chi connectivity index (χ2n) is 7.71. The molecule has 0 spiro atoms. The SMILES string of the molecule is Oc1cc2ccccc2cc1-c1cccc(-c2[c-]c(-c3nc4ccccc4[nH]3)ccc2)n1.[Pt]. The molecular formula is C28H18N3OPt-. The summed E-state index contributed by atoms with van der Waals surface area (Å²) in [4.78, 5) is 12.9. The number of fused-ring (bicyclic) bond motifs is 2. The molecule has 0 aliphatic carbocycles. The van der Waals surface area contributed by atoms with Gasteiger partial charge in [0.1, 0.15) is 5.75 Å². The normalized spacial score (nSPS) is 10.9. The number of hydrogen-bond donors (Lipinski definition) is 2. The van der Waals surface area contributed by atoms with Crippen molar-refractivity contribution < 1.29 is 26.2 Å². The molecule has 0 saturated carbocycles. The van der Waals surface area contributed by atoms with Crippen LogP contribution < -0.4 is 0 Å². The Labute approximate surface area is 205 Å². The van der Waals surface area contributed by atoms with E-state index in [4.69, 9.17) is 4.98 Å². The van der Waals surface area contributed by atoms with Crippen molar-refractivity contribution in [3.8, 4) is 39.7 Å². The molecule has 2 aromatic heterocycles. The Morgan fingerprint density at radius 1 is 0.667 bits per heavy atom. The van der Waals surface area contributed by atoms with E-state index in [0.717, 1.165) is 44.5 Å². The Balaban J connectivity index is 0.00000228. The molecule has 2 N–H and O–H groups in total. The zero-order chi connectivity index (χ0) is 21.5. The van der Waals surface area contributed by atoms with Gasteiger partial charge < -0.3 is 10.1 Å². The fraction of sp³-hybridized carbons (Fsp3) is 0. The van der Waals surface area contributed by atoms with Crippen LogP contribution in [0, 0.1) is 6.07 Å². The van der Waals surface area contributed by atoms with Crippen LogP contribution >= 0.6 is 0 Å². The number of phenols is 1. The van der Waals surface area contributed by atoms with Gasteiger partial charge in [-0.3, -0.25) is 9.97 Å². The van der Waals surface area contributed by atoms with Gasteiger partial charge in [0.15, 0.2) is 0 Å². The number of nitrogens with one attached hydrogen (secondary N) is 1. The van der Waals surface area contributed by atoms with E-state index in [-0.39, 0.29) is 26.8 Å². The summed E-state index contributed by atoms with van der Waals surface area (Å²) in [5, 5.41) is 12.7. The van der Waals surface area contributed by atoms with Crippen molar-refractivity contribution >= 4 is 21.8 Å². The van der Waals surface area contributed by atoms with Crippen molar-refractivity contribution in [2.45, 2.75) is 0 Å². The van der Waals surface area contributed by atoms with Crippen molar-refractivity contribution in [3.63, 3.8) is 0 Å². The Hall–Kier alpha value is -3.75. The third-order valence-corrected chi connectivity index (χ3v) is 5.60. The van der Waals surface area contributed by atoms with Gasteiger partial charge in [-0.1, -0.05) is 59.7 Å². The first-order chi connectivity index (χ1) is 15.7. The van der Waals surface area contributed by atoms with Gasteiger partial charge in [-0.25, -0.2) is 0 Å². The Bertz CT molecular complexity index is 1570. The summed E-state index contributed by atoms with van der Waals surface area (Å²) in [7, 11) is 0. The van der Waals surface area contributed by atoms with Crippen LogP contribution in [0.3, 0.4) is 0 Å². The van der Waals surface area contributed by atoms with Gasteiger partial charge >= 0.3 is 0 Å². The third kappa shape index (κ3) is 3.94. The fourth-order valence-electron chi connectivity index (χ4n) is 4.01. The van der Waals surface area contributed by atoms with Crippen LogP contribution in [0.1, 0.15) is 0 Å². The molecule has 0 saturated heterocycles. The standard InChI is InChI=1S/C28H18N3O.Pt/c32-27-17-19-8-2-1-7-18(19)16-22(27)24-14-6-13-23(29-24)20-9-5-10-21(15-20)28-30-25-11-3-4-12-26(25)31-28;/h1-14,16-17,32H,(H,30,31);/q-1;. The molecule has 6 aromatic rings. The van der Waals surface area contributed by atoms with Crippen LogP contribution in [0.15, 0.2) is 97.1 Å². The molecule has 0 atom stereocenters. The zero-order valence-electron chi connectivity index (χ0n) is 17.4. The average molecular weight is 608 g/mol. The third-order valence-electron chi connectivity index (χ3n) is 5.60. The van der Waals surface area contributed by atoms with E-state index in [2.05, 4.69) is 16.0 Å². The van der Waals surface area contributed by atoms with Crippen LogP contribution in [-0.4, -0.2) is 20.1 Å². The van der Waals surface area contributed by atoms with Gasteiger partial charge in [-0.05, 0) is 41.1 Å². The van der Waals surface area contributed by atoms with Gasteiger partial charge in [-0.15, -0.1) is 24.3 Å². The van der Waals surface area contributed by atoms with E-state index in [0.29, 0.717) is 11.3 Å². The number of phenolic OH excluding ortho intramolecular Hbond substituents is 1. The van der Waals surface area contributed by atoms with Crippen LogP contribution in [0.2, 0.25) is 0 Å². The molecule has 162 valence electrons. The van der Waals surface area contributed by atoms with E-state index in [9.17, 15) is 5.11 Å². The summed E-state index contributed by atoms with van der Waals surface area (Å²) in [5.41, 5.74) is 5.87. The van der Waals surface area contributed by atoms with E-state index in [1.165, 1.54) is 0 Å². The molecule has 0 radical (unpaired) electrons. The molecule has 4 nitrogen and oxygen atoms in total. The van der Waals surface area contributed by atoms with Gasteiger partial charge in [-0.2, -0.15) is 0 Å². The number of aromatic nitrogens is 3. The van der Waals surface area contributed by atoms with Crippen molar-refractivity contribution in [1.29, 1.82) is 0 Å². The van der Waals surface area contributed by atoms with Crippen molar-refractivity contribution in [1.82, 2.24) is 15.0 Å². The molecule has 0 fully saturated rings. The van der Waals surface area contributed by atoms with Crippen molar-refractivity contribution in [3.05, 3.63) is 103 Å². The van der Waals surface area contributed by atoms with E-state index in [1.54, 1.807) is 6.07 Å². The predicted octanol–water partition coefficient (Wildman–Crippen LogP) is 6.62. The van der Waals surface area contributed by atoms with Gasteiger partial charge in [0.2, 0.25) is 0 Å². The Morgan fingerprint density at radius 2 is 1.36 bits per heavy atom. The fourth-order valence-corrected chi connectivity index (χ4v) is 4.01. The van der Waals surface area contributed by atoms with Gasteiger partial charge in [0.25, 0.3) is 0 Å². The maximum Gasteiger partial charge on any atom is 0.125 e. The van der Waals surface area contributed by atoms with Crippen molar-refractivity contribution in [2.24, 2.45) is 0 Å². The topological polar surface area (TPSA) is 61.8 Å². The maximum absolute atomic E-state index is 10.6. The summed E-state index contributed by atoms with van der Waals surface area (Å²) in [6, 6.07) is 34.9. The molecule has 2 heterocycles. The largest absolute Gasteiger partial charge is 0.507 e. The Kier molecular flexibility index (Phi) is 5.53. The summed E-state index contributed by atoms with van der Waals surface area (Å²) in [5.74, 6) is 0.990. The molecule has 0 aliphatic rings. The summed E-state index contributed by atoms with van der Waals surface area (Å²) >= 11 is 0. The number of para-hydroxylation sites is 2. The smallest absolute Gasteiger partial charge is 0.125 e. The first kappa shape index (κ1) is 21.1. The number of pyridine rings is 1. The number of benzene rings is 4. The number of aromatic amines is 1. The Morgan fingerprint density at radius 3 is 2.21 bits per heavy atom. The molecule has 0 bridgehead atoms. The molecule has 33 heavy (non-hydrogen) atoms. The maximum atomic E-state index is 10.6. The minimum atomic E-state index is 0. The van der Waals surface area contributed by atoms with E-state index < -0.39 is 0 Å². The first-order valence-corrected chi connectivity index (χ1v) is 10.4. The van der Waals surface area contributed by atoms with Crippen LogP contribution in [-0.2, 0) is 21.1 Å². The second kappa shape index (κ2) is 8.65. The molecule has 0 aliphatic heterocycles. The van der Waals surface area contributed by atoms with Crippen molar-refractivity contribution in [2.75, 3.05) is 0 Å². The molecule has 0 unspecified atom stereocenters. The number of rotatable bonds is 3. The van der Waals surface area contributed by atoms with E-state index >= 15 is 0 Å². The van der Waals surface area contributed by atoms with E-state index in [1.807, 2.05) is 91.0 Å². The van der Waals surface area contributed by atoms with Crippen LogP contribution in [0.25, 0.3) is 55.7 Å². The minimum Gasteiger partial charge on any atom is -0.507 e. The number of hydrogen-bond acceptors (Lipinski definition) is 3. The van der Waals surface area contributed by atoms with Crippen LogP contribution in [0.4, 0.5) is 0 Å². The summed E-state index contributed by atoms with van der Waals surface area (Å²) in [6.07, 6.45) is 0. The summed E-state index contributed by atoms with van der Waals surface area (Å²) in [6.45, 7) is 0.